The number of nitrogens with zero attached hydrogens (tertiary/aromatic N) is 2. The molecule has 1 aliphatic rings. The summed E-state index contributed by atoms with van der Waals surface area (Å²) in [6.45, 7) is 0.813. The molecule has 2 heterocycles. The highest BCUT2D eigenvalue weighted by atomic mass is 79.9. The summed E-state index contributed by atoms with van der Waals surface area (Å²) in [5.74, 6) is 0.00866. The van der Waals surface area contributed by atoms with Crippen LogP contribution in [0.4, 0.5) is 0 Å². The van der Waals surface area contributed by atoms with E-state index in [1.807, 2.05) is 4.90 Å². The van der Waals surface area contributed by atoms with Crippen molar-refractivity contribution in [2.24, 2.45) is 0 Å². The van der Waals surface area contributed by atoms with Gasteiger partial charge in [-0.05, 0) is 18.9 Å². The van der Waals surface area contributed by atoms with Crippen LogP contribution in [0.3, 0.4) is 0 Å². The van der Waals surface area contributed by atoms with E-state index in [0.29, 0.717) is 10.6 Å². The summed E-state index contributed by atoms with van der Waals surface area (Å²) in [4.78, 5) is 18.0. The predicted molar refractivity (Wildman–Crippen MR) is 67.1 cm³/mol. The molecule has 0 aliphatic carbocycles. The molecular weight excluding hydrogens is 291 g/mol. The number of hydrogen-bond acceptors (Lipinski definition) is 2. The van der Waals surface area contributed by atoms with Crippen LogP contribution in [0.1, 0.15) is 23.2 Å². The molecule has 16 heavy (non-hydrogen) atoms. The second-order valence-corrected chi connectivity index (χ2v) is 4.86. The number of hydrogen-bond donors (Lipinski definition) is 0. The second-order valence-electron chi connectivity index (χ2n) is 3.80. The molecule has 3 nitrogen and oxygen atoms in total. The third-order valence-corrected chi connectivity index (χ3v) is 3.87. The highest BCUT2D eigenvalue weighted by Gasteiger charge is 2.29. The Bertz CT molecular complexity index is 399. The minimum atomic E-state index is 0.00866. The number of carbonyl (C=O) groups excluding carboxylic acids is 1. The number of amides is 1. The number of pyridine rings is 1. The van der Waals surface area contributed by atoms with E-state index in [9.17, 15) is 4.79 Å². The van der Waals surface area contributed by atoms with E-state index >= 15 is 0 Å². The maximum absolute atomic E-state index is 12.2. The predicted octanol–water partition coefficient (Wildman–Crippen LogP) is 2.73. The van der Waals surface area contributed by atoms with Crippen LogP contribution >= 0.6 is 27.5 Å². The highest BCUT2D eigenvalue weighted by molar-refractivity contribution is 9.09. The summed E-state index contributed by atoms with van der Waals surface area (Å²) in [6.07, 6.45) is 5.22. The van der Waals surface area contributed by atoms with E-state index in [1.54, 1.807) is 12.3 Å². The molecule has 0 bridgehead atoms. The van der Waals surface area contributed by atoms with Crippen LogP contribution in [0.5, 0.6) is 0 Å². The van der Waals surface area contributed by atoms with Gasteiger partial charge < -0.3 is 4.90 Å². The van der Waals surface area contributed by atoms with Crippen molar-refractivity contribution in [3.05, 3.63) is 29.0 Å². The van der Waals surface area contributed by atoms with Gasteiger partial charge in [-0.2, -0.15) is 0 Å². The van der Waals surface area contributed by atoms with Gasteiger partial charge in [0.05, 0.1) is 10.6 Å². The zero-order chi connectivity index (χ0) is 11.5. The standard InChI is InChI=1S/C11H12BrClN2O/c12-6-8-2-1-5-15(8)11(16)9-3-4-14-7-10(9)13/h3-4,7-8H,1-2,5-6H2. The molecule has 0 N–H and O–H groups in total. The Morgan fingerprint density at radius 3 is 3.19 bits per heavy atom. The molecule has 1 amide bonds. The first kappa shape index (κ1) is 11.9. The van der Waals surface area contributed by atoms with Gasteiger partial charge in [0.25, 0.3) is 5.91 Å². The van der Waals surface area contributed by atoms with E-state index in [4.69, 9.17) is 11.6 Å². The fourth-order valence-electron chi connectivity index (χ4n) is 1.97. The molecule has 0 radical (unpaired) electrons. The molecule has 1 aromatic heterocycles. The lowest BCUT2D eigenvalue weighted by atomic mass is 10.2. The van der Waals surface area contributed by atoms with E-state index in [1.165, 1.54) is 6.20 Å². The first-order chi connectivity index (χ1) is 7.74. The average Bonchev–Trinajstić information content (AvgIpc) is 2.77. The Labute approximate surface area is 108 Å². The van der Waals surface area contributed by atoms with Crippen molar-refractivity contribution in [1.82, 2.24) is 9.88 Å². The Morgan fingerprint density at radius 1 is 1.69 bits per heavy atom. The maximum atomic E-state index is 12.2. The van der Waals surface area contributed by atoms with Crippen molar-refractivity contribution < 1.29 is 4.79 Å². The quantitative estimate of drug-likeness (QED) is 0.787. The van der Waals surface area contributed by atoms with Gasteiger partial charge >= 0.3 is 0 Å². The summed E-state index contributed by atoms with van der Waals surface area (Å²) in [7, 11) is 0. The smallest absolute Gasteiger partial charge is 0.255 e. The number of likely N-dealkylation sites (tertiary alicyclic amines) is 1. The number of aromatic nitrogens is 1. The molecular formula is C11H12BrClN2O. The van der Waals surface area contributed by atoms with Crippen molar-refractivity contribution in [1.29, 1.82) is 0 Å². The lowest BCUT2D eigenvalue weighted by Crippen LogP contribution is -2.36. The topological polar surface area (TPSA) is 33.2 Å². The molecule has 0 spiro atoms. The number of halogens is 2. The normalized spacial score (nSPS) is 20.1. The third kappa shape index (κ3) is 2.23. The SMILES string of the molecule is O=C(c1ccncc1Cl)N1CCCC1CBr. The number of carbonyl (C=O) groups is 1. The average molecular weight is 304 g/mol. The van der Waals surface area contributed by atoms with Crippen LogP contribution in [0, 0.1) is 0 Å². The van der Waals surface area contributed by atoms with Gasteiger partial charge in [0.2, 0.25) is 0 Å². The van der Waals surface area contributed by atoms with Gasteiger partial charge in [0.1, 0.15) is 0 Å². The largest absolute Gasteiger partial charge is 0.335 e. The molecule has 86 valence electrons. The lowest BCUT2D eigenvalue weighted by Gasteiger charge is -2.23. The lowest BCUT2D eigenvalue weighted by molar-refractivity contribution is 0.0750. The zero-order valence-corrected chi connectivity index (χ0v) is 11.0. The summed E-state index contributed by atoms with van der Waals surface area (Å²) in [6, 6.07) is 1.96. The van der Waals surface area contributed by atoms with Crippen LogP contribution in [-0.4, -0.2) is 33.7 Å². The molecule has 2 rings (SSSR count). The van der Waals surface area contributed by atoms with Crippen LogP contribution in [0.15, 0.2) is 18.5 Å². The molecule has 1 aromatic rings. The molecule has 5 heteroatoms. The maximum Gasteiger partial charge on any atom is 0.255 e. The summed E-state index contributed by atoms with van der Waals surface area (Å²) >= 11 is 9.40. The monoisotopic (exact) mass is 302 g/mol. The molecule has 0 aromatic carbocycles. The third-order valence-electron chi connectivity index (χ3n) is 2.82. The summed E-state index contributed by atoms with van der Waals surface area (Å²) in [5.41, 5.74) is 0.546. The number of rotatable bonds is 2. The van der Waals surface area contributed by atoms with E-state index in [2.05, 4.69) is 20.9 Å². The first-order valence-electron chi connectivity index (χ1n) is 5.20. The van der Waals surface area contributed by atoms with Crippen molar-refractivity contribution in [3.8, 4) is 0 Å². The number of alkyl halides is 1. The van der Waals surface area contributed by atoms with Gasteiger partial charge in [0.15, 0.2) is 0 Å². The Hall–Kier alpha value is -0.610. The highest BCUT2D eigenvalue weighted by Crippen LogP contribution is 2.24. The van der Waals surface area contributed by atoms with Gasteiger partial charge in [-0.15, -0.1) is 0 Å². The Balaban J connectivity index is 2.22. The summed E-state index contributed by atoms with van der Waals surface area (Å²) in [5, 5.41) is 1.24. The molecule has 1 unspecified atom stereocenters. The van der Waals surface area contributed by atoms with Gasteiger partial charge in [0, 0.05) is 30.3 Å². The molecule has 0 saturated carbocycles. The second kappa shape index (κ2) is 5.15. The fourth-order valence-corrected chi connectivity index (χ4v) is 2.84. The van der Waals surface area contributed by atoms with Crippen molar-refractivity contribution in [2.75, 3.05) is 11.9 Å². The van der Waals surface area contributed by atoms with Crippen LogP contribution in [0.25, 0.3) is 0 Å². The van der Waals surface area contributed by atoms with Gasteiger partial charge in [-0.3, -0.25) is 9.78 Å². The van der Waals surface area contributed by atoms with Gasteiger partial charge in [-0.1, -0.05) is 27.5 Å². The molecule has 1 atom stereocenters. The van der Waals surface area contributed by atoms with Gasteiger partial charge in [-0.25, -0.2) is 0 Å². The fraction of sp³-hybridized carbons (Fsp3) is 0.455. The minimum Gasteiger partial charge on any atom is -0.335 e. The van der Waals surface area contributed by atoms with E-state index < -0.39 is 0 Å². The van der Waals surface area contributed by atoms with Crippen LogP contribution in [0.2, 0.25) is 5.02 Å². The Kier molecular flexibility index (Phi) is 3.82. The Morgan fingerprint density at radius 2 is 2.50 bits per heavy atom. The molecule has 1 saturated heterocycles. The summed E-state index contributed by atoms with van der Waals surface area (Å²) < 4.78 is 0. The minimum absolute atomic E-state index is 0.00866. The van der Waals surface area contributed by atoms with Crippen molar-refractivity contribution in [3.63, 3.8) is 0 Å². The van der Waals surface area contributed by atoms with Crippen molar-refractivity contribution >= 4 is 33.4 Å². The van der Waals surface area contributed by atoms with Crippen molar-refractivity contribution in [2.45, 2.75) is 18.9 Å². The van der Waals surface area contributed by atoms with Crippen LogP contribution in [-0.2, 0) is 0 Å². The first-order valence-corrected chi connectivity index (χ1v) is 6.70. The molecule has 1 fully saturated rings. The van der Waals surface area contributed by atoms with E-state index in [-0.39, 0.29) is 11.9 Å². The molecule has 1 aliphatic heterocycles. The van der Waals surface area contributed by atoms with E-state index in [0.717, 1.165) is 24.7 Å². The van der Waals surface area contributed by atoms with Crippen LogP contribution < -0.4 is 0 Å². The zero-order valence-electron chi connectivity index (χ0n) is 8.70.